The lowest BCUT2D eigenvalue weighted by Crippen LogP contribution is -2.14. The van der Waals surface area contributed by atoms with Gasteiger partial charge >= 0.3 is 0 Å². The molecule has 0 unspecified atom stereocenters. The van der Waals surface area contributed by atoms with Gasteiger partial charge in [0.2, 0.25) is 5.95 Å². The minimum Gasteiger partial charge on any atom is -0.467 e. The summed E-state index contributed by atoms with van der Waals surface area (Å²) in [6, 6.07) is 17.2. The Balaban J connectivity index is 1.62. The van der Waals surface area contributed by atoms with Crippen LogP contribution in [0.4, 0.5) is 10.3 Å². The highest BCUT2D eigenvalue weighted by atomic mass is 19.1. The quantitative estimate of drug-likeness (QED) is 0.462. The molecule has 2 aromatic heterocycles. The molecule has 0 amide bonds. The largest absolute Gasteiger partial charge is 0.467 e. The Morgan fingerprint density at radius 3 is 2.60 bits per heavy atom. The summed E-state index contributed by atoms with van der Waals surface area (Å²) in [6.07, 6.45) is 4.56. The summed E-state index contributed by atoms with van der Waals surface area (Å²) in [6.45, 7) is 2.35. The maximum absolute atomic E-state index is 13.1. The summed E-state index contributed by atoms with van der Waals surface area (Å²) >= 11 is 0. The van der Waals surface area contributed by atoms with Gasteiger partial charge in [-0.05, 0) is 42.8 Å². The average Bonchev–Trinajstić information content (AvgIpc) is 3.42. The van der Waals surface area contributed by atoms with Crippen molar-refractivity contribution < 1.29 is 13.6 Å². The molecule has 0 aliphatic heterocycles. The van der Waals surface area contributed by atoms with Crippen LogP contribution in [0.5, 0.6) is 0 Å². The van der Waals surface area contributed by atoms with Gasteiger partial charge in [-0.25, -0.2) is 4.39 Å². The molecule has 7 heteroatoms. The second-order valence-corrected chi connectivity index (χ2v) is 6.69. The highest BCUT2D eigenvalue weighted by Crippen LogP contribution is 2.19. The van der Waals surface area contributed by atoms with E-state index in [0.29, 0.717) is 29.6 Å². The number of hydrogen-bond donors (Lipinski definition) is 1. The number of benzene rings is 2. The van der Waals surface area contributed by atoms with Gasteiger partial charge in [0.25, 0.3) is 5.91 Å². The second-order valence-electron chi connectivity index (χ2n) is 6.69. The van der Waals surface area contributed by atoms with E-state index in [4.69, 9.17) is 4.42 Å². The first-order valence-electron chi connectivity index (χ1n) is 9.37. The number of aryl methyl sites for hydroxylation is 1. The molecule has 0 saturated carbocycles. The number of aromatic nitrogens is 3. The van der Waals surface area contributed by atoms with Crippen molar-refractivity contribution >= 4 is 17.9 Å². The average molecular weight is 402 g/mol. The molecule has 0 atom stereocenters. The summed E-state index contributed by atoms with van der Waals surface area (Å²) in [7, 11) is 0. The van der Waals surface area contributed by atoms with Crippen molar-refractivity contribution in [2.45, 2.75) is 13.5 Å². The molecule has 4 aromatic rings. The fraction of sp³-hybridized carbons (Fsp3) is 0.0870. The number of allylic oxidation sites excluding steroid dienone is 1. The van der Waals surface area contributed by atoms with Gasteiger partial charge in [0.05, 0.1) is 12.8 Å². The van der Waals surface area contributed by atoms with Gasteiger partial charge in [0.1, 0.15) is 11.6 Å². The molecular weight excluding hydrogens is 383 g/mol. The van der Waals surface area contributed by atoms with E-state index in [1.54, 1.807) is 30.5 Å². The van der Waals surface area contributed by atoms with Crippen LogP contribution in [0.1, 0.15) is 21.7 Å². The van der Waals surface area contributed by atoms with E-state index in [2.05, 4.69) is 15.4 Å². The number of anilines is 1. The molecule has 6 nitrogen and oxygen atoms in total. The summed E-state index contributed by atoms with van der Waals surface area (Å²) in [5, 5.41) is 7.48. The highest BCUT2D eigenvalue weighted by molar-refractivity contribution is 5.94. The normalized spacial score (nSPS) is 11.1. The smallest absolute Gasteiger partial charge is 0.274 e. The SMILES string of the molecule is Cc1ccc(-c2nc(NCc3ccco3)n(C(=O)C=Cc3ccc(F)cc3)n2)cc1. The number of furan rings is 1. The van der Waals surface area contributed by atoms with Gasteiger partial charge in [0.15, 0.2) is 5.82 Å². The maximum atomic E-state index is 13.1. The Bertz CT molecular complexity index is 1160. The van der Waals surface area contributed by atoms with Crippen LogP contribution in [0.15, 0.2) is 77.4 Å². The van der Waals surface area contributed by atoms with Crippen molar-refractivity contribution in [3.8, 4) is 11.4 Å². The first-order chi connectivity index (χ1) is 14.6. The summed E-state index contributed by atoms with van der Waals surface area (Å²) in [4.78, 5) is 17.3. The first kappa shape index (κ1) is 19.3. The van der Waals surface area contributed by atoms with E-state index < -0.39 is 0 Å². The van der Waals surface area contributed by atoms with Crippen LogP contribution >= 0.6 is 0 Å². The van der Waals surface area contributed by atoms with Crippen molar-refractivity contribution in [3.05, 3.63) is 95.7 Å². The molecular formula is C23H19FN4O2. The monoisotopic (exact) mass is 402 g/mol. The molecule has 0 aliphatic rings. The molecule has 2 aromatic carbocycles. The van der Waals surface area contributed by atoms with Crippen LogP contribution < -0.4 is 5.32 Å². The Morgan fingerprint density at radius 2 is 1.90 bits per heavy atom. The van der Waals surface area contributed by atoms with E-state index in [-0.39, 0.29) is 11.7 Å². The van der Waals surface area contributed by atoms with Crippen molar-refractivity contribution in [3.63, 3.8) is 0 Å². The lowest BCUT2D eigenvalue weighted by molar-refractivity contribution is 0.0957. The fourth-order valence-electron chi connectivity index (χ4n) is 2.80. The third-order valence-electron chi connectivity index (χ3n) is 4.41. The molecule has 1 N–H and O–H groups in total. The Hall–Kier alpha value is -4.00. The van der Waals surface area contributed by atoms with E-state index in [1.165, 1.54) is 22.9 Å². The van der Waals surface area contributed by atoms with Crippen molar-refractivity contribution in [2.75, 3.05) is 5.32 Å². The zero-order chi connectivity index (χ0) is 20.9. The second kappa shape index (κ2) is 8.57. The lowest BCUT2D eigenvalue weighted by Gasteiger charge is -2.03. The zero-order valence-electron chi connectivity index (χ0n) is 16.2. The summed E-state index contributed by atoms with van der Waals surface area (Å²) in [5.74, 6) is 0.723. The molecule has 4 rings (SSSR count). The van der Waals surface area contributed by atoms with Crippen LogP contribution in [0.25, 0.3) is 17.5 Å². The van der Waals surface area contributed by atoms with Gasteiger partial charge in [0, 0.05) is 11.6 Å². The third-order valence-corrected chi connectivity index (χ3v) is 4.41. The number of halogens is 1. The van der Waals surface area contributed by atoms with Crippen LogP contribution in [0.3, 0.4) is 0 Å². The molecule has 0 aliphatic carbocycles. The van der Waals surface area contributed by atoms with Crippen molar-refractivity contribution in [1.82, 2.24) is 14.8 Å². The van der Waals surface area contributed by atoms with Crippen molar-refractivity contribution in [2.24, 2.45) is 0 Å². The minimum atomic E-state index is -0.382. The van der Waals surface area contributed by atoms with Gasteiger partial charge < -0.3 is 9.73 Å². The zero-order valence-corrected chi connectivity index (χ0v) is 16.2. The minimum absolute atomic E-state index is 0.302. The molecule has 0 fully saturated rings. The fourth-order valence-corrected chi connectivity index (χ4v) is 2.80. The Kier molecular flexibility index (Phi) is 5.52. The van der Waals surface area contributed by atoms with Gasteiger partial charge in [-0.1, -0.05) is 42.0 Å². The molecule has 30 heavy (non-hydrogen) atoms. The molecule has 0 saturated heterocycles. The van der Waals surface area contributed by atoms with Crippen LogP contribution in [-0.2, 0) is 6.54 Å². The van der Waals surface area contributed by atoms with Crippen LogP contribution in [-0.4, -0.2) is 20.7 Å². The predicted octanol–water partition coefficient (Wildman–Crippen LogP) is 4.95. The maximum Gasteiger partial charge on any atom is 0.274 e. The molecule has 0 spiro atoms. The van der Waals surface area contributed by atoms with Crippen LogP contribution in [0.2, 0.25) is 0 Å². The summed E-state index contributed by atoms with van der Waals surface area (Å²) < 4.78 is 19.6. The predicted molar refractivity (Wildman–Crippen MR) is 112 cm³/mol. The number of nitrogens with one attached hydrogen (secondary N) is 1. The van der Waals surface area contributed by atoms with E-state index in [9.17, 15) is 9.18 Å². The van der Waals surface area contributed by atoms with E-state index in [0.717, 1.165) is 11.1 Å². The van der Waals surface area contributed by atoms with E-state index >= 15 is 0 Å². The number of rotatable bonds is 6. The number of carbonyl (C=O) groups is 1. The first-order valence-corrected chi connectivity index (χ1v) is 9.37. The van der Waals surface area contributed by atoms with Crippen LogP contribution in [0, 0.1) is 12.7 Å². The third kappa shape index (κ3) is 4.52. The van der Waals surface area contributed by atoms with E-state index in [1.807, 2.05) is 37.3 Å². The van der Waals surface area contributed by atoms with Gasteiger partial charge in [-0.3, -0.25) is 4.79 Å². The molecule has 150 valence electrons. The van der Waals surface area contributed by atoms with Gasteiger partial charge in [-0.15, -0.1) is 5.10 Å². The number of carbonyl (C=O) groups excluding carboxylic acids is 1. The Morgan fingerprint density at radius 1 is 1.13 bits per heavy atom. The molecule has 0 radical (unpaired) electrons. The standard InChI is InChI=1S/C23H19FN4O2/c1-16-4-9-18(10-5-16)22-26-23(25-15-20-3-2-14-30-20)28(27-22)21(29)13-8-17-6-11-19(24)12-7-17/h2-14H,15H2,1H3,(H,25,26,27). The highest BCUT2D eigenvalue weighted by Gasteiger charge is 2.16. The molecule has 0 bridgehead atoms. The lowest BCUT2D eigenvalue weighted by atomic mass is 10.1. The summed E-state index contributed by atoms with van der Waals surface area (Å²) in [5.41, 5.74) is 2.62. The molecule has 2 heterocycles. The Labute approximate surface area is 172 Å². The van der Waals surface area contributed by atoms with Gasteiger partial charge in [-0.2, -0.15) is 9.67 Å². The number of nitrogens with zero attached hydrogens (tertiary/aromatic N) is 3. The number of hydrogen-bond acceptors (Lipinski definition) is 5. The van der Waals surface area contributed by atoms with Crippen molar-refractivity contribution in [1.29, 1.82) is 0 Å². The topological polar surface area (TPSA) is 73.0 Å².